The molecular formula is C10H10N2O. The largest absolute Gasteiger partial charge is 0.508 e. The van der Waals surface area contributed by atoms with Gasteiger partial charge in [0.15, 0.2) is 0 Å². The summed E-state index contributed by atoms with van der Waals surface area (Å²) in [4.78, 5) is 0. The fraction of sp³-hybridized carbons (Fsp3) is 0. The van der Waals surface area contributed by atoms with Crippen LogP contribution in [0.1, 0.15) is 0 Å². The quantitative estimate of drug-likeness (QED) is 0.456. The van der Waals surface area contributed by atoms with Gasteiger partial charge in [-0.05, 0) is 23.6 Å². The minimum atomic E-state index is 0.246. The Labute approximate surface area is 75.8 Å². The summed E-state index contributed by atoms with van der Waals surface area (Å²) in [6.45, 7) is 0. The average Bonchev–Trinajstić information content (AvgIpc) is 2.17. The van der Waals surface area contributed by atoms with Gasteiger partial charge in [0.2, 0.25) is 0 Å². The second-order valence-corrected chi connectivity index (χ2v) is 2.86. The van der Waals surface area contributed by atoms with Gasteiger partial charge in [-0.3, -0.25) is 5.84 Å². The number of benzene rings is 2. The van der Waals surface area contributed by atoms with Crippen molar-refractivity contribution >= 4 is 16.5 Å². The van der Waals surface area contributed by atoms with Crippen LogP contribution in [-0.4, -0.2) is 5.11 Å². The van der Waals surface area contributed by atoms with Crippen LogP contribution in [0.25, 0.3) is 10.8 Å². The van der Waals surface area contributed by atoms with Crippen molar-refractivity contribution in [3.63, 3.8) is 0 Å². The molecule has 0 aliphatic rings. The molecule has 0 heterocycles. The lowest BCUT2D eigenvalue weighted by molar-refractivity contribution is 0.476. The van der Waals surface area contributed by atoms with E-state index < -0.39 is 0 Å². The monoisotopic (exact) mass is 174 g/mol. The van der Waals surface area contributed by atoms with E-state index in [1.165, 1.54) is 0 Å². The number of fused-ring (bicyclic) bond motifs is 1. The van der Waals surface area contributed by atoms with E-state index in [0.29, 0.717) is 0 Å². The molecule has 0 atom stereocenters. The minimum absolute atomic E-state index is 0.246. The number of nitrogen functional groups attached to an aromatic ring is 1. The summed E-state index contributed by atoms with van der Waals surface area (Å²) < 4.78 is 0. The molecule has 3 nitrogen and oxygen atoms in total. The molecule has 0 bridgehead atoms. The first kappa shape index (κ1) is 7.89. The lowest BCUT2D eigenvalue weighted by Crippen LogP contribution is -2.06. The van der Waals surface area contributed by atoms with Crippen molar-refractivity contribution in [3.8, 4) is 5.75 Å². The second-order valence-electron chi connectivity index (χ2n) is 2.86. The van der Waals surface area contributed by atoms with Gasteiger partial charge in [0, 0.05) is 5.39 Å². The first-order valence-electron chi connectivity index (χ1n) is 3.99. The molecule has 66 valence electrons. The van der Waals surface area contributed by atoms with Crippen LogP contribution in [-0.2, 0) is 0 Å². The Morgan fingerprint density at radius 1 is 1.15 bits per heavy atom. The van der Waals surface area contributed by atoms with Crippen molar-refractivity contribution in [2.45, 2.75) is 0 Å². The molecule has 0 fully saturated rings. The van der Waals surface area contributed by atoms with Crippen LogP contribution >= 0.6 is 0 Å². The zero-order valence-electron chi connectivity index (χ0n) is 6.99. The summed E-state index contributed by atoms with van der Waals surface area (Å²) in [5.74, 6) is 5.58. The molecule has 0 aliphatic heterocycles. The zero-order chi connectivity index (χ0) is 9.26. The minimum Gasteiger partial charge on any atom is -0.508 e. The summed E-state index contributed by atoms with van der Waals surface area (Å²) in [6, 6.07) is 10.9. The number of nitrogens with two attached hydrogens (primary N) is 1. The molecule has 0 aromatic heterocycles. The highest BCUT2D eigenvalue weighted by Crippen LogP contribution is 2.25. The van der Waals surface area contributed by atoms with Crippen LogP contribution < -0.4 is 11.3 Å². The Morgan fingerprint density at radius 2 is 2.00 bits per heavy atom. The number of phenols is 1. The fourth-order valence-corrected chi connectivity index (χ4v) is 1.39. The van der Waals surface area contributed by atoms with Gasteiger partial charge < -0.3 is 10.5 Å². The molecule has 2 aromatic rings. The van der Waals surface area contributed by atoms with E-state index in [2.05, 4.69) is 5.43 Å². The van der Waals surface area contributed by atoms with E-state index >= 15 is 0 Å². The molecule has 0 saturated heterocycles. The van der Waals surface area contributed by atoms with E-state index in [4.69, 9.17) is 5.84 Å². The molecule has 2 rings (SSSR count). The highest BCUT2D eigenvalue weighted by molar-refractivity contribution is 5.94. The van der Waals surface area contributed by atoms with E-state index in [9.17, 15) is 5.11 Å². The van der Waals surface area contributed by atoms with Crippen LogP contribution in [0.5, 0.6) is 5.75 Å². The summed E-state index contributed by atoms with van der Waals surface area (Å²) >= 11 is 0. The van der Waals surface area contributed by atoms with Crippen molar-refractivity contribution in [2.24, 2.45) is 5.84 Å². The van der Waals surface area contributed by atoms with Gasteiger partial charge in [0.25, 0.3) is 0 Å². The Bertz CT molecular complexity index is 440. The second kappa shape index (κ2) is 2.95. The summed E-state index contributed by atoms with van der Waals surface area (Å²) in [5.41, 5.74) is 3.40. The SMILES string of the molecule is NNc1cccc2ccc(O)cc12. The predicted octanol–water partition coefficient (Wildman–Crippen LogP) is 1.83. The number of hydrazine groups is 1. The molecule has 3 heteroatoms. The summed E-state index contributed by atoms with van der Waals surface area (Å²) in [5, 5.41) is 11.3. The van der Waals surface area contributed by atoms with Crippen molar-refractivity contribution in [3.05, 3.63) is 36.4 Å². The van der Waals surface area contributed by atoms with Crippen LogP contribution in [0.15, 0.2) is 36.4 Å². The molecule has 13 heavy (non-hydrogen) atoms. The molecule has 0 saturated carbocycles. The van der Waals surface area contributed by atoms with Gasteiger partial charge in [-0.25, -0.2) is 0 Å². The predicted molar refractivity (Wildman–Crippen MR) is 53.4 cm³/mol. The van der Waals surface area contributed by atoms with Gasteiger partial charge in [0.05, 0.1) is 5.69 Å². The van der Waals surface area contributed by atoms with Gasteiger partial charge >= 0.3 is 0 Å². The topological polar surface area (TPSA) is 58.3 Å². The van der Waals surface area contributed by atoms with Crippen molar-refractivity contribution in [1.82, 2.24) is 0 Å². The molecular weight excluding hydrogens is 164 g/mol. The smallest absolute Gasteiger partial charge is 0.116 e. The van der Waals surface area contributed by atoms with E-state index in [1.54, 1.807) is 12.1 Å². The molecule has 0 amide bonds. The lowest BCUT2D eigenvalue weighted by atomic mass is 10.1. The Hall–Kier alpha value is -1.74. The van der Waals surface area contributed by atoms with Crippen LogP contribution in [0.4, 0.5) is 5.69 Å². The maximum Gasteiger partial charge on any atom is 0.116 e. The molecule has 0 unspecified atom stereocenters. The summed E-state index contributed by atoms with van der Waals surface area (Å²) in [7, 11) is 0. The first-order chi connectivity index (χ1) is 6.31. The number of anilines is 1. The third kappa shape index (κ3) is 1.29. The van der Waals surface area contributed by atoms with Crippen LogP contribution in [0, 0.1) is 0 Å². The van der Waals surface area contributed by atoms with Crippen molar-refractivity contribution in [1.29, 1.82) is 0 Å². The van der Waals surface area contributed by atoms with E-state index in [-0.39, 0.29) is 5.75 Å². The molecule has 4 N–H and O–H groups in total. The van der Waals surface area contributed by atoms with Crippen LogP contribution in [0.3, 0.4) is 0 Å². The van der Waals surface area contributed by atoms with E-state index in [1.807, 2.05) is 24.3 Å². The van der Waals surface area contributed by atoms with Gasteiger partial charge in [-0.1, -0.05) is 18.2 Å². The number of phenolic OH excluding ortho intramolecular Hbond substituents is 1. The molecule has 0 radical (unpaired) electrons. The lowest BCUT2D eigenvalue weighted by Gasteiger charge is -2.05. The number of rotatable bonds is 1. The Kier molecular flexibility index (Phi) is 1.79. The number of hydrogen-bond acceptors (Lipinski definition) is 3. The third-order valence-corrected chi connectivity index (χ3v) is 2.02. The van der Waals surface area contributed by atoms with Crippen molar-refractivity contribution in [2.75, 3.05) is 5.43 Å². The summed E-state index contributed by atoms with van der Waals surface area (Å²) in [6.07, 6.45) is 0. The highest BCUT2D eigenvalue weighted by Gasteiger charge is 1.99. The first-order valence-corrected chi connectivity index (χ1v) is 3.99. The molecule has 2 aromatic carbocycles. The maximum atomic E-state index is 9.28. The standard InChI is InChI=1S/C10H10N2O/c11-12-10-3-1-2-7-4-5-8(13)6-9(7)10/h1-6,12-13H,11H2. The van der Waals surface area contributed by atoms with Gasteiger partial charge in [-0.2, -0.15) is 0 Å². The zero-order valence-corrected chi connectivity index (χ0v) is 6.99. The van der Waals surface area contributed by atoms with Crippen molar-refractivity contribution < 1.29 is 5.11 Å². The average molecular weight is 174 g/mol. The van der Waals surface area contributed by atoms with Gasteiger partial charge in [0.1, 0.15) is 5.75 Å². The van der Waals surface area contributed by atoms with E-state index in [0.717, 1.165) is 16.5 Å². The number of hydrogen-bond donors (Lipinski definition) is 3. The van der Waals surface area contributed by atoms with Crippen LogP contribution in [0.2, 0.25) is 0 Å². The highest BCUT2D eigenvalue weighted by atomic mass is 16.3. The number of aromatic hydroxyl groups is 1. The Balaban J connectivity index is 2.79. The van der Waals surface area contributed by atoms with Gasteiger partial charge in [-0.15, -0.1) is 0 Å². The fourth-order valence-electron chi connectivity index (χ4n) is 1.39. The molecule has 0 spiro atoms. The normalized spacial score (nSPS) is 10.2. The third-order valence-electron chi connectivity index (χ3n) is 2.02. The Morgan fingerprint density at radius 3 is 2.77 bits per heavy atom. The molecule has 0 aliphatic carbocycles. The maximum absolute atomic E-state index is 9.28. The number of nitrogens with one attached hydrogen (secondary N) is 1.